The third kappa shape index (κ3) is 4.64. The number of ether oxygens (including phenoxy) is 1. The molecule has 92 valence electrons. The van der Waals surface area contributed by atoms with Crippen LogP contribution in [0.25, 0.3) is 0 Å². The van der Waals surface area contributed by atoms with Crippen molar-refractivity contribution in [3.63, 3.8) is 0 Å². The monoisotopic (exact) mass is 241 g/mol. The number of hydrogen-bond acceptors (Lipinski definition) is 3. The molecule has 0 amide bonds. The first-order valence-electron chi connectivity index (χ1n) is 6.00. The van der Waals surface area contributed by atoms with Crippen LogP contribution in [0.4, 0.5) is 0 Å². The molecule has 1 heterocycles. The van der Waals surface area contributed by atoms with Gasteiger partial charge in [-0.3, -0.25) is 0 Å². The number of thiophene rings is 1. The molecule has 0 radical (unpaired) electrons. The Hall–Kier alpha value is -0.380. The van der Waals surface area contributed by atoms with E-state index in [1.54, 1.807) is 0 Å². The Morgan fingerprint density at radius 1 is 1.44 bits per heavy atom. The molecule has 0 aliphatic rings. The molecule has 0 unspecified atom stereocenters. The quantitative estimate of drug-likeness (QED) is 0.790. The summed E-state index contributed by atoms with van der Waals surface area (Å²) in [4.78, 5) is 2.79. The van der Waals surface area contributed by atoms with Gasteiger partial charge in [-0.2, -0.15) is 0 Å². The number of rotatable bonds is 7. The Balaban J connectivity index is 2.43. The second kappa shape index (κ2) is 7.05. The van der Waals surface area contributed by atoms with Crippen LogP contribution in [0.1, 0.15) is 36.1 Å². The maximum Gasteiger partial charge on any atom is 0.0727 e. The molecule has 0 aliphatic heterocycles. The van der Waals surface area contributed by atoms with Gasteiger partial charge in [0.05, 0.1) is 6.61 Å². The average molecular weight is 241 g/mol. The predicted molar refractivity (Wildman–Crippen MR) is 70.9 cm³/mol. The zero-order chi connectivity index (χ0) is 12.0. The molecule has 0 atom stereocenters. The van der Waals surface area contributed by atoms with Crippen molar-refractivity contribution in [2.45, 2.75) is 40.8 Å². The minimum Gasteiger partial charge on any atom is -0.376 e. The molecule has 0 saturated carbocycles. The maximum absolute atomic E-state index is 5.67. The van der Waals surface area contributed by atoms with Crippen LogP contribution < -0.4 is 5.32 Å². The van der Waals surface area contributed by atoms with Gasteiger partial charge in [-0.25, -0.2) is 0 Å². The molecule has 0 fully saturated rings. The Kier molecular flexibility index (Phi) is 6.03. The fraction of sp³-hybridized carbons (Fsp3) is 0.692. The maximum atomic E-state index is 5.67. The summed E-state index contributed by atoms with van der Waals surface area (Å²) in [6.45, 7) is 12.3. The van der Waals surface area contributed by atoms with Crippen molar-refractivity contribution in [2.75, 3.05) is 13.2 Å². The predicted octanol–water partition coefficient (Wildman–Crippen LogP) is 3.34. The molecular weight excluding hydrogens is 218 g/mol. The fourth-order valence-corrected chi connectivity index (χ4v) is 2.49. The van der Waals surface area contributed by atoms with Crippen molar-refractivity contribution in [1.82, 2.24) is 5.32 Å². The molecule has 0 bridgehead atoms. The summed E-state index contributed by atoms with van der Waals surface area (Å²) >= 11 is 1.87. The van der Waals surface area contributed by atoms with Gasteiger partial charge in [-0.15, -0.1) is 11.3 Å². The molecule has 1 aromatic heterocycles. The van der Waals surface area contributed by atoms with Crippen LogP contribution in [0.5, 0.6) is 0 Å². The van der Waals surface area contributed by atoms with E-state index in [9.17, 15) is 0 Å². The number of aryl methyl sites for hydroxylation is 1. The van der Waals surface area contributed by atoms with Crippen molar-refractivity contribution in [3.05, 3.63) is 21.4 Å². The van der Waals surface area contributed by atoms with Gasteiger partial charge in [0.2, 0.25) is 0 Å². The van der Waals surface area contributed by atoms with Crippen molar-refractivity contribution in [2.24, 2.45) is 5.92 Å². The van der Waals surface area contributed by atoms with Gasteiger partial charge in [0.25, 0.3) is 0 Å². The highest BCUT2D eigenvalue weighted by atomic mass is 32.1. The molecule has 1 rings (SSSR count). The van der Waals surface area contributed by atoms with Crippen LogP contribution >= 0.6 is 11.3 Å². The molecule has 16 heavy (non-hydrogen) atoms. The van der Waals surface area contributed by atoms with Crippen LogP contribution in [0, 0.1) is 12.8 Å². The molecule has 1 aromatic rings. The first-order chi connectivity index (χ1) is 7.63. The fourth-order valence-electron chi connectivity index (χ4n) is 1.47. The van der Waals surface area contributed by atoms with E-state index < -0.39 is 0 Å². The summed E-state index contributed by atoms with van der Waals surface area (Å²) in [5.41, 5.74) is 1.35. The molecule has 2 nitrogen and oxygen atoms in total. The number of nitrogens with one attached hydrogen (secondary N) is 1. The molecule has 0 saturated heterocycles. The summed E-state index contributed by atoms with van der Waals surface area (Å²) in [7, 11) is 0. The van der Waals surface area contributed by atoms with Gasteiger partial charge < -0.3 is 10.1 Å². The van der Waals surface area contributed by atoms with E-state index in [1.165, 1.54) is 15.3 Å². The largest absolute Gasteiger partial charge is 0.376 e. The van der Waals surface area contributed by atoms with Crippen LogP contribution in [-0.4, -0.2) is 13.2 Å². The zero-order valence-electron chi connectivity index (χ0n) is 10.8. The van der Waals surface area contributed by atoms with Crippen LogP contribution in [0.2, 0.25) is 0 Å². The van der Waals surface area contributed by atoms with E-state index in [1.807, 2.05) is 11.3 Å². The minimum atomic E-state index is 0.611. The second-order valence-corrected chi connectivity index (χ2v) is 5.82. The lowest BCUT2D eigenvalue weighted by molar-refractivity contribution is 0.0970. The van der Waals surface area contributed by atoms with Crippen molar-refractivity contribution < 1.29 is 4.74 Å². The smallest absolute Gasteiger partial charge is 0.0727 e. The molecule has 0 spiro atoms. The SMILES string of the molecule is CCNCc1cc(COCC(C)C)c(C)s1. The van der Waals surface area contributed by atoms with E-state index in [-0.39, 0.29) is 0 Å². The third-order valence-electron chi connectivity index (χ3n) is 2.33. The highest BCUT2D eigenvalue weighted by Crippen LogP contribution is 2.22. The van der Waals surface area contributed by atoms with E-state index in [0.29, 0.717) is 5.92 Å². The van der Waals surface area contributed by atoms with Gasteiger partial charge in [0.1, 0.15) is 0 Å². The summed E-state index contributed by atoms with van der Waals surface area (Å²) in [6.07, 6.45) is 0. The van der Waals surface area contributed by atoms with Crippen molar-refractivity contribution >= 4 is 11.3 Å². The second-order valence-electron chi connectivity index (χ2n) is 4.48. The van der Waals surface area contributed by atoms with Crippen LogP contribution in [0.3, 0.4) is 0 Å². The van der Waals surface area contributed by atoms with Crippen LogP contribution in [-0.2, 0) is 17.9 Å². The summed E-state index contributed by atoms with van der Waals surface area (Å²) < 4.78 is 5.67. The van der Waals surface area contributed by atoms with E-state index in [2.05, 4.69) is 39.1 Å². The Morgan fingerprint density at radius 3 is 2.81 bits per heavy atom. The minimum absolute atomic E-state index is 0.611. The molecule has 0 aromatic carbocycles. The lowest BCUT2D eigenvalue weighted by Gasteiger charge is -2.05. The first kappa shape index (κ1) is 13.7. The lowest BCUT2D eigenvalue weighted by atomic mass is 10.2. The van der Waals surface area contributed by atoms with E-state index in [4.69, 9.17) is 4.74 Å². The zero-order valence-corrected chi connectivity index (χ0v) is 11.6. The highest BCUT2D eigenvalue weighted by molar-refractivity contribution is 7.12. The molecule has 1 N–H and O–H groups in total. The highest BCUT2D eigenvalue weighted by Gasteiger charge is 2.05. The van der Waals surface area contributed by atoms with Gasteiger partial charge in [0, 0.05) is 22.9 Å². The van der Waals surface area contributed by atoms with Crippen LogP contribution in [0.15, 0.2) is 6.07 Å². The standard InChI is InChI=1S/C13H23NOS/c1-5-14-7-13-6-12(11(4)16-13)9-15-8-10(2)3/h6,10,14H,5,7-9H2,1-4H3. The Bertz CT molecular complexity index is 307. The van der Waals surface area contributed by atoms with Gasteiger partial charge in [-0.1, -0.05) is 20.8 Å². The van der Waals surface area contributed by atoms with Gasteiger partial charge in [0.15, 0.2) is 0 Å². The first-order valence-corrected chi connectivity index (χ1v) is 6.81. The lowest BCUT2D eigenvalue weighted by Crippen LogP contribution is -2.10. The Morgan fingerprint density at radius 2 is 2.19 bits per heavy atom. The van der Waals surface area contributed by atoms with Crippen molar-refractivity contribution in [1.29, 1.82) is 0 Å². The summed E-state index contributed by atoms with van der Waals surface area (Å²) in [6, 6.07) is 2.27. The molecular formula is C13H23NOS. The number of hydrogen-bond donors (Lipinski definition) is 1. The molecule has 0 aliphatic carbocycles. The topological polar surface area (TPSA) is 21.3 Å². The van der Waals surface area contributed by atoms with Gasteiger partial charge in [-0.05, 0) is 31.0 Å². The third-order valence-corrected chi connectivity index (χ3v) is 3.42. The Labute approximate surface area is 103 Å². The van der Waals surface area contributed by atoms with E-state index >= 15 is 0 Å². The van der Waals surface area contributed by atoms with Crippen molar-refractivity contribution in [3.8, 4) is 0 Å². The molecule has 3 heteroatoms. The van der Waals surface area contributed by atoms with Gasteiger partial charge >= 0.3 is 0 Å². The average Bonchev–Trinajstić information content (AvgIpc) is 2.56. The normalized spacial score (nSPS) is 11.3. The summed E-state index contributed by atoms with van der Waals surface area (Å²) in [5, 5.41) is 3.35. The van der Waals surface area contributed by atoms with E-state index in [0.717, 1.165) is 26.3 Å². The summed E-state index contributed by atoms with van der Waals surface area (Å²) in [5.74, 6) is 0.611.